The highest BCUT2D eigenvalue weighted by molar-refractivity contribution is 5.95. The first-order chi connectivity index (χ1) is 12.2. The topological polar surface area (TPSA) is 46.1 Å². The van der Waals surface area contributed by atoms with Crippen LogP contribution in [0.2, 0.25) is 0 Å². The van der Waals surface area contributed by atoms with E-state index in [9.17, 15) is 4.79 Å². The Bertz CT molecular complexity index is 914. The van der Waals surface area contributed by atoms with Gasteiger partial charge < -0.3 is 4.90 Å². The fraction of sp³-hybridized carbons (Fsp3) is 0.286. The van der Waals surface area contributed by atoms with E-state index in [0.29, 0.717) is 11.5 Å². The van der Waals surface area contributed by atoms with Crippen molar-refractivity contribution < 1.29 is 4.79 Å². The van der Waals surface area contributed by atoms with Crippen LogP contribution >= 0.6 is 0 Å². The number of aryl methyl sites for hydroxylation is 1. The standard InChI is InChI=1S/C21H21N3O/c1-15-19(7-4-10-22-15)21(25)24-11-8-16(9-12-24)20-13-17-5-2-3-6-18(17)14-23-20/h2-7,10,13-14,16H,8-9,11-12H2,1H3. The van der Waals surface area contributed by atoms with Crippen molar-refractivity contribution in [1.82, 2.24) is 14.9 Å². The fourth-order valence-electron chi connectivity index (χ4n) is 3.58. The third-order valence-corrected chi connectivity index (χ3v) is 5.09. The summed E-state index contributed by atoms with van der Waals surface area (Å²) < 4.78 is 0. The number of fused-ring (bicyclic) bond motifs is 1. The molecule has 0 bridgehead atoms. The van der Waals surface area contributed by atoms with Crippen molar-refractivity contribution in [1.29, 1.82) is 0 Å². The Kier molecular flexibility index (Phi) is 4.18. The second-order valence-electron chi connectivity index (χ2n) is 6.66. The van der Waals surface area contributed by atoms with Gasteiger partial charge in [-0.05, 0) is 43.4 Å². The summed E-state index contributed by atoms with van der Waals surface area (Å²) in [5.41, 5.74) is 2.65. The zero-order valence-electron chi connectivity index (χ0n) is 14.4. The molecule has 0 radical (unpaired) electrons. The minimum Gasteiger partial charge on any atom is -0.339 e. The van der Waals surface area contributed by atoms with Crippen LogP contribution in [0.5, 0.6) is 0 Å². The van der Waals surface area contributed by atoms with E-state index in [1.165, 1.54) is 10.8 Å². The minimum atomic E-state index is 0.0931. The van der Waals surface area contributed by atoms with Gasteiger partial charge in [0, 0.05) is 48.2 Å². The number of pyridine rings is 2. The number of carbonyl (C=O) groups is 1. The average molecular weight is 331 g/mol. The number of hydrogen-bond acceptors (Lipinski definition) is 3. The molecule has 0 atom stereocenters. The molecule has 1 fully saturated rings. The van der Waals surface area contributed by atoms with Gasteiger partial charge in [0.25, 0.3) is 5.91 Å². The zero-order chi connectivity index (χ0) is 17.2. The van der Waals surface area contributed by atoms with Gasteiger partial charge in [0.05, 0.1) is 5.56 Å². The highest BCUT2D eigenvalue weighted by atomic mass is 16.2. The lowest BCUT2D eigenvalue weighted by atomic mass is 9.92. The molecule has 0 unspecified atom stereocenters. The van der Waals surface area contributed by atoms with Crippen molar-refractivity contribution in [3.63, 3.8) is 0 Å². The molecular formula is C21H21N3O. The van der Waals surface area contributed by atoms with E-state index in [-0.39, 0.29) is 5.91 Å². The number of hydrogen-bond donors (Lipinski definition) is 0. The molecule has 1 aliphatic heterocycles. The van der Waals surface area contributed by atoms with Crippen molar-refractivity contribution >= 4 is 16.7 Å². The Balaban J connectivity index is 1.47. The van der Waals surface area contributed by atoms with Gasteiger partial charge in [-0.2, -0.15) is 0 Å². The molecule has 1 saturated heterocycles. The number of aromatic nitrogens is 2. The Labute approximate surface area is 147 Å². The van der Waals surface area contributed by atoms with Crippen LogP contribution in [0.25, 0.3) is 10.8 Å². The maximum Gasteiger partial charge on any atom is 0.255 e. The molecule has 3 heterocycles. The van der Waals surface area contributed by atoms with Crippen LogP contribution in [-0.2, 0) is 0 Å². The summed E-state index contributed by atoms with van der Waals surface area (Å²) in [4.78, 5) is 23.5. The number of nitrogens with zero attached hydrogens (tertiary/aromatic N) is 3. The molecule has 4 rings (SSSR count). The summed E-state index contributed by atoms with van der Waals surface area (Å²) in [5, 5.41) is 2.41. The SMILES string of the molecule is Cc1ncccc1C(=O)N1CCC(c2cc3ccccc3cn2)CC1. The van der Waals surface area contributed by atoms with Crippen molar-refractivity contribution in [2.24, 2.45) is 0 Å². The molecule has 0 spiro atoms. The molecule has 2 aromatic heterocycles. The summed E-state index contributed by atoms with van der Waals surface area (Å²) in [6, 6.07) is 14.2. The van der Waals surface area contributed by atoms with Crippen molar-refractivity contribution in [2.75, 3.05) is 13.1 Å². The molecule has 3 aromatic rings. The first-order valence-corrected chi connectivity index (χ1v) is 8.78. The first-order valence-electron chi connectivity index (χ1n) is 8.78. The van der Waals surface area contributed by atoms with Gasteiger partial charge in [0.15, 0.2) is 0 Å². The minimum absolute atomic E-state index is 0.0931. The summed E-state index contributed by atoms with van der Waals surface area (Å²) in [6.45, 7) is 3.43. The molecule has 1 aliphatic rings. The average Bonchev–Trinajstić information content (AvgIpc) is 2.67. The van der Waals surface area contributed by atoms with Crippen LogP contribution < -0.4 is 0 Å². The quantitative estimate of drug-likeness (QED) is 0.714. The first kappa shape index (κ1) is 15.8. The smallest absolute Gasteiger partial charge is 0.255 e. The molecule has 4 nitrogen and oxygen atoms in total. The lowest BCUT2D eigenvalue weighted by Crippen LogP contribution is -2.38. The number of likely N-dealkylation sites (tertiary alicyclic amines) is 1. The van der Waals surface area contributed by atoms with E-state index >= 15 is 0 Å². The molecule has 1 amide bonds. The number of rotatable bonds is 2. The summed E-state index contributed by atoms with van der Waals surface area (Å²) in [6.07, 6.45) is 5.59. The van der Waals surface area contributed by atoms with E-state index in [1.807, 2.05) is 36.2 Å². The Morgan fingerprint density at radius 1 is 1.04 bits per heavy atom. The van der Waals surface area contributed by atoms with Crippen molar-refractivity contribution in [3.8, 4) is 0 Å². The highest BCUT2D eigenvalue weighted by Crippen LogP contribution is 2.29. The summed E-state index contributed by atoms with van der Waals surface area (Å²) in [7, 11) is 0. The largest absolute Gasteiger partial charge is 0.339 e. The molecule has 0 saturated carbocycles. The Hall–Kier alpha value is -2.75. The van der Waals surface area contributed by atoms with Gasteiger partial charge in [0.2, 0.25) is 0 Å². The Morgan fingerprint density at radius 3 is 2.56 bits per heavy atom. The molecule has 0 N–H and O–H groups in total. The van der Waals surface area contributed by atoms with E-state index in [2.05, 4.69) is 34.2 Å². The molecule has 25 heavy (non-hydrogen) atoms. The molecule has 1 aromatic carbocycles. The number of benzene rings is 1. The highest BCUT2D eigenvalue weighted by Gasteiger charge is 2.26. The van der Waals surface area contributed by atoms with E-state index in [0.717, 1.165) is 37.3 Å². The third-order valence-electron chi connectivity index (χ3n) is 5.09. The van der Waals surface area contributed by atoms with Crippen molar-refractivity contribution in [2.45, 2.75) is 25.7 Å². The summed E-state index contributed by atoms with van der Waals surface area (Å²) >= 11 is 0. The lowest BCUT2D eigenvalue weighted by molar-refractivity contribution is 0.0711. The zero-order valence-corrected chi connectivity index (χ0v) is 14.4. The summed E-state index contributed by atoms with van der Waals surface area (Å²) in [5.74, 6) is 0.513. The maximum atomic E-state index is 12.7. The van der Waals surface area contributed by atoms with Gasteiger partial charge in [-0.3, -0.25) is 14.8 Å². The molecule has 4 heteroatoms. The van der Waals surface area contributed by atoms with Crippen molar-refractivity contribution in [3.05, 3.63) is 71.8 Å². The normalized spacial score (nSPS) is 15.5. The second kappa shape index (κ2) is 6.63. The van der Waals surface area contributed by atoms with Gasteiger partial charge in [-0.25, -0.2) is 0 Å². The van der Waals surface area contributed by atoms with Gasteiger partial charge in [-0.1, -0.05) is 24.3 Å². The molecule has 126 valence electrons. The van der Waals surface area contributed by atoms with E-state index in [1.54, 1.807) is 6.20 Å². The predicted molar refractivity (Wildman–Crippen MR) is 98.6 cm³/mol. The molecule has 0 aliphatic carbocycles. The predicted octanol–water partition coefficient (Wildman–Crippen LogP) is 3.96. The maximum absolute atomic E-state index is 12.7. The van der Waals surface area contributed by atoms with Crippen LogP contribution in [-0.4, -0.2) is 33.9 Å². The monoisotopic (exact) mass is 331 g/mol. The number of carbonyl (C=O) groups excluding carboxylic acids is 1. The molecular weight excluding hydrogens is 310 g/mol. The lowest BCUT2D eigenvalue weighted by Gasteiger charge is -2.32. The van der Waals surface area contributed by atoms with Crippen LogP contribution in [0, 0.1) is 6.92 Å². The van der Waals surface area contributed by atoms with Crippen LogP contribution in [0.4, 0.5) is 0 Å². The van der Waals surface area contributed by atoms with Gasteiger partial charge in [0.1, 0.15) is 0 Å². The van der Waals surface area contributed by atoms with E-state index in [4.69, 9.17) is 0 Å². The number of piperidine rings is 1. The van der Waals surface area contributed by atoms with Gasteiger partial charge >= 0.3 is 0 Å². The van der Waals surface area contributed by atoms with Gasteiger partial charge in [-0.15, -0.1) is 0 Å². The fourth-order valence-corrected chi connectivity index (χ4v) is 3.58. The Morgan fingerprint density at radius 2 is 1.80 bits per heavy atom. The van der Waals surface area contributed by atoms with E-state index < -0.39 is 0 Å². The second-order valence-corrected chi connectivity index (χ2v) is 6.66. The van der Waals surface area contributed by atoms with Crippen LogP contribution in [0.1, 0.15) is 40.5 Å². The third kappa shape index (κ3) is 3.12. The number of amides is 1. The van der Waals surface area contributed by atoms with Crippen LogP contribution in [0.3, 0.4) is 0 Å². The van der Waals surface area contributed by atoms with Crippen LogP contribution in [0.15, 0.2) is 54.9 Å².